The number of hydrogen-bond donors (Lipinski definition) is 0. The fourth-order valence-electron chi connectivity index (χ4n) is 1.73. The van der Waals surface area contributed by atoms with Crippen LogP contribution in [0.15, 0.2) is 18.2 Å². The highest BCUT2D eigenvalue weighted by molar-refractivity contribution is 7.13. The molecule has 0 aliphatic carbocycles. The molecule has 0 atom stereocenters. The van der Waals surface area contributed by atoms with Gasteiger partial charge in [0, 0.05) is 16.5 Å². The topological polar surface area (TPSA) is 30.0 Å². The minimum absolute atomic E-state index is 0.00750. The first-order valence-corrected chi connectivity index (χ1v) is 6.96. The highest BCUT2D eigenvalue weighted by atomic mass is 35.5. The molecule has 1 heterocycles. The molecule has 0 aliphatic rings. The predicted octanol–water partition coefficient (Wildman–Crippen LogP) is 4.49. The van der Waals surface area contributed by atoms with Crippen molar-refractivity contribution in [3.05, 3.63) is 49.4 Å². The predicted molar refractivity (Wildman–Crippen MR) is 76.1 cm³/mol. The molecule has 5 heteroatoms. The summed E-state index contributed by atoms with van der Waals surface area (Å²) in [6, 6.07) is 5.24. The fraction of sp³-hybridized carbons (Fsp3) is 0.231. The molecule has 0 fully saturated rings. The van der Waals surface area contributed by atoms with Gasteiger partial charge in [-0.2, -0.15) is 0 Å². The van der Waals surface area contributed by atoms with E-state index in [0.717, 1.165) is 10.7 Å². The second-order valence-corrected chi connectivity index (χ2v) is 5.97. The van der Waals surface area contributed by atoms with Gasteiger partial charge < -0.3 is 0 Å². The van der Waals surface area contributed by atoms with Gasteiger partial charge in [0.25, 0.3) is 0 Å². The average molecular weight is 300 g/mol. The highest BCUT2D eigenvalue weighted by Crippen LogP contribution is 2.27. The third-order valence-electron chi connectivity index (χ3n) is 2.56. The number of benzene rings is 1. The average Bonchev–Trinajstić information content (AvgIpc) is 2.63. The summed E-state index contributed by atoms with van der Waals surface area (Å²) in [5, 5.41) is 1.94. The molecule has 1 aromatic heterocycles. The van der Waals surface area contributed by atoms with Crippen LogP contribution in [-0.4, -0.2) is 10.8 Å². The van der Waals surface area contributed by atoms with E-state index in [9.17, 15) is 4.79 Å². The first kappa shape index (κ1) is 13.5. The molecule has 2 rings (SSSR count). The summed E-state index contributed by atoms with van der Waals surface area (Å²) in [5.74, 6) is 0.00750. The minimum Gasteiger partial charge on any atom is -0.293 e. The number of rotatable bonds is 3. The first-order valence-electron chi connectivity index (χ1n) is 5.39. The van der Waals surface area contributed by atoms with Crippen molar-refractivity contribution in [2.45, 2.75) is 20.3 Å². The molecule has 2 nitrogen and oxygen atoms in total. The Bertz CT molecular complexity index is 587. The van der Waals surface area contributed by atoms with Crippen LogP contribution in [0.2, 0.25) is 10.0 Å². The largest absolute Gasteiger partial charge is 0.293 e. The van der Waals surface area contributed by atoms with Crippen LogP contribution in [0.1, 0.15) is 25.9 Å². The molecule has 0 aliphatic heterocycles. The summed E-state index contributed by atoms with van der Waals surface area (Å²) in [7, 11) is 0. The van der Waals surface area contributed by atoms with Gasteiger partial charge in [0.15, 0.2) is 5.78 Å². The fourth-order valence-corrected chi connectivity index (χ4v) is 3.12. The standard InChI is InChI=1S/C13H11Cl2NOS/c1-7-13(18-8(2)16-7)12(17)6-9-10(14)4-3-5-11(9)15/h3-5H,6H2,1-2H3. The van der Waals surface area contributed by atoms with Crippen LogP contribution in [0.3, 0.4) is 0 Å². The zero-order chi connectivity index (χ0) is 13.3. The molecule has 0 radical (unpaired) electrons. The number of carbonyl (C=O) groups is 1. The Kier molecular flexibility index (Phi) is 4.05. The third-order valence-corrected chi connectivity index (χ3v) is 4.38. The lowest BCUT2D eigenvalue weighted by Gasteiger charge is -2.05. The number of thiazole rings is 1. The lowest BCUT2D eigenvalue weighted by Crippen LogP contribution is -2.04. The monoisotopic (exact) mass is 299 g/mol. The van der Waals surface area contributed by atoms with Gasteiger partial charge in [-0.15, -0.1) is 11.3 Å². The van der Waals surface area contributed by atoms with Gasteiger partial charge >= 0.3 is 0 Å². The van der Waals surface area contributed by atoms with Crippen molar-refractivity contribution >= 4 is 40.3 Å². The van der Waals surface area contributed by atoms with Crippen LogP contribution in [0.4, 0.5) is 0 Å². The molecule has 0 N–H and O–H groups in total. The Morgan fingerprint density at radius 3 is 2.39 bits per heavy atom. The van der Waals surface area contributed by atoms with Crippen molar-refractivity contribution in [2.24, 2.45) is 0 Å². The molecule has 0 spiro atoms. The van der Waals surface area contributed by atoms with Gasteiger partial charge in [0.2, 0.25) is 0 Å². The molecule has 94 valence electrons. The van der Waals surface area contributed by atoms with Crippen LogP contribution in [0, 0.1) is 13.8 Å². The molecule has 0 unspecified atom stereocenters. The molecule has 0 amide bonds. The Labute approximate surface area is 120 Å². The Balaban J connectivity index is 2.30. The number of ketones is 1. The van der Waals surface area contributed by atoms with E-state index in [1.807, 2.05) is 13.8 Å². The number of carbonyl (C=O) groups excluding carboxylic acids is 1. The molecule has 0 bridgehead atoms. The Morgan fingerprint density at radius 1 is 1.28 bits per heavy atom. The van der Waals surface area contributed by atoms with E-state index >= 15 is 0 Å². The maximum atomic E-state index is 12.2. The number of halogens is 2. The summed E-state index contributed by atoms with van der Waals surface area (Å²) in [5.41, 5.74) is 1.45. The van der Waals surface area contributed by atoms with Crippen molar-refractivity contribution < 1.29 is 4.79 Å². The van der Waals surface area contributed by atoms with Crippen molar-refractivity contribution in [1.82, 2.24) is 4.98 Å². The van der Waals surface area contributed by atoms with E-state index in [2.05, 4.69) is 4.98 Å². The minimum atomic E-state index is 0.00750. The van der Waals surface area contributed by atoms with Crippen LogP contribution in [0.25, 0.3) is 0 Å². The number of Topliss-reactive ketones (excluding diaryl/α,β-unsaturated/α-hetero) is 1. The summed E-state index contributed by atoms with van der Waals surface area (Å²) >= 11 is 13.5. The zero-order valence-corrected chi connectivity index (χ0v) is 12.3. The number of aryl methyl sites for hydroxylation is 2. The number of aromatic nitrogens is 1. The van der Waals surface area contributed by atoms with Crippen molar-refractivity contribution in [1.29, 1.82) is 0 Å². The number of hydrogen-bond acceptors (Lipinski definition) is 3. The van der Waals surface area contributed by atoms with E-state index in [1.54, 1.807) is 18.2 Å². The van der Waals surface area contributed by atoms with Crippen LogP contribution < -0.4 is 0 Å². The van der Waals surface area contributed by atoms with Crippen LogP contribution in [-0.2, 0) is 6.42 Å². The second kappa shape index (κ2) is 5.39. The highest BCUT2D eigenvalue weighted by Gasteiger charge is 2.17. The van der Waals surface area contributed by atoms with Crippen LogP contribution >= 0.6 is 34.5 Å². The van der Waals surface area contributed by atoms with E-state index in [1.165, 1.54) is 11.3 Å². The van der Waals surface area contributed by atoms with Crippen molar-refractivity contribution in [3.8, 4) is 0 Å². The normalized spacial score (nSPS) is 10.7. The summed E-state index contributed by atoms with van der Waals surface area (Å²) in [6.45, 7) is 3.72. The summed E-state index contributed by atoms with van der Waals surface area (Å²) in [6.07, 6.45) is 0.209. The zero-order valence-electron chi connectivity index (χ0n) is 9.96. The molecule has 0 saturated carbocycles. The second-order valence-electron chi connectivity index (χ2n) is 3.95. The van der Waals surface area contributed by atoms with Gasteiger partial charge in [0.05, 0.1) is 15.6 Å². The van der Waals surface area contributed by atoms with E-state index in [0.29, 0.717) is 20.5 Å². The molecule has 1 aromatic carbocycles. The lowest BCUT2D eigenvalue weighted by atomic mass is 10.1. The maximum absolute atomic E-state index is 12.2. The van der Waals surface area contributed by atoms with Gasteiger partial charge in [-0.3, -0.25) is 4.79 Å². The summed E-state index contributed by atoms with van der Waals surface area (Å²) < 4.78 is 0. The van der Waals surface area contributed by atoms with Gasteiger partial charge in [-0.05, 0) is 31.5 Å². The first-order chi connectivity index (χ1) is 8.49. The van der Waals surface area contributed by atoms with E-state index in [4.69, 9.17) is 23.2 Å². The van der Waals surface area contributed by atoms with Gasteiger partial charge in [0.1, 0.15) is 0 Å². The van der Waals surface area contributed by atoms with Crippen molar-refractivity contribution in [3.63, 3.8) is 0 Å². The molecule has 18 heavy (non-hydrogen) atoms. The quantitative estimate of drug-likeness (QED) is 0.782. The smallest absolute Gasteiger partial charge is 0.179 e. The molecule has 2 aromatic rings. The van der Waals surface area contributed by atoms with E-state index in [-0.39, 0.29) is 12.2 Å². The van der Waals surface area contributed by atoms with Crippen molar-refractivity contribution in [2.75, 3.05) is 0 Å². The SMILES string of the molecule is Cc1nc(C)c(C(=O)Cc2c(Cl)cccc2Cl)s1. The van der Waals surface area contributed by atoms with Gasteiger partial charge in [-0.25, -0.2) is 4.98 Å². The summed E-state index contributed by atoms with van der Waals surface area (Å²) in [4.78, 5) is 17.1. The van der Waals surface area contributed by atoms with E-state index < -0.39 is 0 Å². The molecule has 0 saturated heterocycles. The number of nitrogens with zero attached hydrogens (tertiary/aromatic N) is 1. The third kappa shape index (κ3) is 2.74. The lowest BCUT2D eigenvalue weighted by molar-refractivity contribution is 0.0996. The Hall–Kier alpha value is -0.900. The Morgan fingerprint density at radius 2 is 1.89 bits per heavy atom. The maximum Gasteiger partial charge on any atom is 0.179 e. The molecular formula is C13H11Cl2NOS. The van der Waals surface area contributed by atoms with Crippen LogP contribution in [0.5, 0.6) is 0 Å². The van der Waals surface area contributed by atoms with Gasteiger partial charge in [-0.1, -0.05) is 29.3 Å². The molecular weight excluding hydrogens is 289 g/mol.